The molecule has 1 heterocycles. The van der Waals surface area contributed by atoms with Gasteiger partial charge in [-0.3, -0.25) is 4.79 Å². The van der Waals surface area contributed by atoms with Gasteiger partial charge in [0.25, 0.3) is 0 Å². The van der Waals surface area contributed by atoms with E-state index in [1.165, 1.54) is 0 Å². The molecule has 0 fully saturated rings. The second-order valence-electron chi connectivity index (χ2n) is 4.73. The monoisotopic (exact) mass is 295 g/mol. The Morgan fingerprint density at radius 2 is 2.25 bits per heavy atom. The zero-order valence-electron chi connectivity index (χ0n) is 11.7. The molecule has 0 saturated carbocycles. The van der Waals surface area contributed by atoms with Gasteiger partial charge in [0.2, 0.25) is 5.91 Å². The van der Waals surface area contributed by atoms with Gasteiger partial charge in [0.1, 0.15) is 5.58 Å². The molecule has 1 N–H and O–H groups in total. The number of rotatable bonds is 6. The third-order valence-corrected chi connectivity index (χ3v) is 3.54. The van der Waals surface area contributed by atoms with Gasteiger partial charge in [-0.1, -0.05) is 11.6 Å². The van der Waals surface area contributed by atoms with E-state index in [0.29, 0.717) is 24.6 Å². The van der Waals surface area contributed by atoms with E-state index in [4.69, 9.17) is 20.8 Å². The highest BCUT2D eigenvalue weighted by atomic mass is 35.5. The van der Waals surface area contributed by atoms with Gasteiger partial charge in [0.05, 0.1) is 12.7 Å². The van der Waals surface area contributed by atoms with Gasteiger partial charge >= 0.3 is 0 Å². The third-order valence-electron chi connectivity index (χ3n) is 3.13. The van der Waals surface area contributed by atoms with Crippen molar-refractivity contribution in [1.29, 1.82) is 0 Å². The van der Waals surface area contributed by atoms with E-state index >= 15 is 0 Å². The molecule has 0 aliphatic rings. The van der Waals surface area contributed by atoms with Crippen LogP contribution in [-0.4, -0.2) is 26.2 Å². The number of benzene rings is 1. The molecule has 0 spiro atoms. The van der Waals surface area contributed by atoms with Crippen LogP contribution in [0.3, 0.4) is 0 Å². The summed E-state index contributed by atoms with van der Waals surface area (Å²) in [7, 11) is 1.64. The number of amides is 1. The van der Waals surface area contributed by atoms with E-state index in [-0.39, 0.29) is 5.91 Å². The van der Waals surface area contributed by atoms with Crippen LogP contribution in [0, 0.1) is 6.92 Å². The van der Waals surface area contributed by atoms with E-state index in [1.54, 1.807) is 13.4 Å². The Hall–Kier alpha value is -1.52. The van der Waals surface area contributed by atoms with Gasteiger partial charge in [-0.25, -0.2) is 0 Å². The maximum Gasteiger partial charge on any atom is 0.224 e. The van der Waals surface area contributed by atoms with Crippen molar-refractivity contribution in [2.45, 2.75) is 19.8 Å². The Morgan fingerprint density at radius 3 is 3.00 bits per heavy atom. The van der Waals surface area contributed by atoms with Gasteiger partial charge in [-0.15, -0.1) is 0 Å². The van der Waals surface area contributed by atoms with E-state index < -0.39 is 0 Å². The highest BCUT2D eigenvalue weighted by molar-refractivity contribution is 6.32. The maximum absolute atomic E-state index is 11.8. The van der Waals surface area contributed by atoms with E-state index in [0.717, 1.165) is 28.5 Å². The molecular formula is C15H18ClNO3. The quantitative estimate of drug-likeness (QED) is 0.833. The number of carbonyl (C=O) groups excluding carboxylic acids is 1. The summed E-state index contributed by atoms with van der Waals surface area (Å²) in [6, 6.07) is 3.74. The molecule has 1 aromatic heterocycles. The number of carbonyl (C=O) groups is 1. The molecule has 2 aromatic rings. The summed E-state index contributed by atoms with van der Waals surface area (Å²) in [6.45, 7) is 3.18. The van der Waals surface area contributed by atoms with Gasteiger partial charge in [-0.05, 0) is 31.0 Å². The number of halogens is 1. The Bertz CT molecular complexity index is 606. The summed E-state index contributed by atoms with van der Waals surface area (Å²) in [5.41, 5.74) is 2.57. The Kier molecular flexibility index (Phi) is 5.04. The molecule has 108 valence electrons. The molecule has 0 aliphatic heterocycles. The lowest BCUT2D eigenvalue weighted by molar-refractivity contribution is -0.120. The van der Waals surface area contributed by atoms with E-state index in [9.17, 15) is 4.79 Å². The molecule has 1 aromatic carbocycles. The zero-order chi connectivity index (χ0) is 14.5. The minimum Gasteiger partial charge on any atom is -0.464 e. The fraction of sp³-hybridized carbons (Fsp3) is 0.400. The Labute approximate surface area is 123 Å². The molecule has 0 atom stereocenters. The second kappa shape index (κ2) is 6.77. The van der Waals surface area contributed by atoms with Gasteiger partial charge in [0.15, 0.2) is 0 Å². The zero-order valence-corrected chi connectivity index (χ0v) is 12.4. The smallest absolute Gasteiger partial charge is 0.224 e. The Balaban J connectivity index is 2.02. The van der Waals surface area contributed by atoms with Gasteiger partial charge < -0.3 is 14.5 Å². The normalized spacial score (nSPS) is 10.9. The van der Waals surface area contributed by atoms with Crippen molar-refractivity contribution < 1.29 is 13.9 Å². The molecule has 5 heteroatoms. The first kappa shape index (κ1) is 14.9. The predicted molar refractivity (Wildman–Crippen MR) is 79.2 cm³/mol. The molecule has 0 aliphatic carbocycles. The Morgan fingerprint density at radius 1 is 1.45 bits per heavy atom. The summed E-state index contributed by atoms with van der Waals surface area (Å²) >= 11 is 6.12. The molecule has 4 nitrogen and oxygen atoms in total. The number of aryl methyl sites for hydroxylation is 1. The van der Waals surface area contributed by atoms with Gasteiger partial charge in [0, 0.05) is 36.2 Å². The average Bonchev–Trinajstić information content (AvgIpc) is 2.78. The molecule has 2 rings (SSSR count). The summed E-state index contributed by atoms with van der Waals surface area (Å²) in [5, 5.41) is 4.43. The standard InChI is InChI=1S/C15H18ClNO3/c1-10-6-14-12(8-13(10)16)11(9-20-14)7-15(18)17-4-3-5-19-2/h6,8-9H,3-5,7H2,1-2H3,(H,17,18). The van der Waals surface area contributed by atoms with Crippen molar-refractivity contribution in [2.24, 2.45) is 0 Å². The summed E-state index contributed by atoms with van der Waals surface area (Å²) in [6.07, 6.45) is 2.72. The molecule has 1 amide bonds. The molecule has 0 bridgehead atoms. The molecule has 0 unspecified atom stereocenters. The number of ether oxygens (including phenoxy) is 1. The number of furan rings is 1. The maximum atomic E-state index is 11.8. The van der Waals surface area contributed by atoms with Crippen LogP contribution in [0.15, 0.2) is 22.8 Å². The molecule has 0 saturated heterocycles. The lowest BCUT2D eigenvalue weighted by atomic mass is 10.1. The van der Waals surface area contributed by atoms with Crippen molar-refractivity contribution >= 4 is 28.5 Å². The number of hydrogen-bond acceptors (Lipinski definition) is 3. The fourth-order valence-corrected chi connectivity index (χ4v) is 2.18. The molecule has 0 radical (unpaired) electrons. The van der Waals surface area contributed by atoms with Gasteiger partial charge in [-0.2, -0.15) is 0 Å². The lowest BCUT2D eigenvalue weighted by Crippen LogP contribution is -2.26. The summed E-state index contributed by atoms with van der Waals surface area (Å²) in [5.74, 6) is -0.0273. The van der Waals surface area contributed by atoms with Crippen LogP contribution in [0.25, 0.3) is 11.0 Å². The van der Waals surface area contributed by atoms with Crippen LogP contribution in [0.1, 0.15) is 17.5 Å². The van der Waals surface area contributed by atoms with E-state index in [1.807, 2.05) is 19.1 Å². The van der Waals surface area contributed by atoms with Crippen molar-refractivity contribution in [2.75, 3.05) is 20.3 Å². The first-order valence-electron chi connectivity index (χ1n) is 6.53. The van der Waals surface area contributed by atoms with Crippen LogP contribution in [-0.2, 0) is 16.0 Å². The summed E-state index contributed by atoms with van der Waals surface area (Å²) < 4.78 is 10.4. The first-order valence-corrected chi connectivity index (χ1v) is 6.91. The molecule has 20 heavy (non-hydrogen) atoms. The topological polar surface area (TPSA) is 51.5 Å². The predicted octanol–water partition coefficient (Wildman–Crippen LogP) is 3.09. The number of hydrogen-bond donors (Lipinski definition) is 1. The van der Waals surface area contributed by atoms with Crippen molar-refractivity contribution in [3.63, 3.8) is 0 Å². The van der Waals surface area contributed by atoms with Crippen molar-refractivity contribution in [1.82, 2.24) is 5.32 Å². The van der Waals surface area contributed by atoms with Crippen molar-refractivity contribution in [3.05, 3.63) is 34.5 Å². The highest BCUT2D eigenvalue weighted by Gasteiger charge is 2.11. The first-order chi connectivity index (χ1) is 9.61. The van der Waals surface area contributed by atoms with Crippen LogP contribution in [0.5, 0.6) is 0 Å². The average molecular weight is 296 g/mol. The van der Waals surface area contributed by atoms with Crippen LogP contribution < -0.4 is 5.32 Å². The second-order valence-corrected chi connectivity index (χ2v) is 5.14. The SMILES string of the molecule is COCCCNC(=O)Cc1coc2cc(C)c(Cl)cc12. The van der Waals surface area contributed by atoms with Crippen LogP contribution >= 0.6 is 11.6 Å². The van der Waals surface area contributed by atoms with Crippen molar-refractivity contribution in [3.8, 4) is 0 Å². The van der Waals surface area contributed by atoms with Crippen LogP contribution in [0.4, 0.5) is 0 Å². The minimum absolute atomic E-state index is 0.0273. The lowest BCUT2D eigenvalue weighted by Gasteiger charge is -2.04. The number of nitrogens with one attached hydrogen (secondary N) is 1. The highest BCUT2D eigenvalue weighted by Crippen LogP contribution is 2.27. The number of methoxy groups -OCH3 is 1. The third kappa shape index (κ3) is 3.52. The largest absolute Gasteiger partial charge is 0.464 e. The van der Waals surface area contributed by atoms with Crippen LogP contribution in [0.2, 0.25) is 5.02 Å². The van der Waals surface area contributed by atoms with E-state index in [2.05, 4.69) is 5.32 Å². The fourth-order valence-electron chi connectivity index (χ4n) is 2.02. The molecular weight excluding hydrogens is 278 g/mol. The number of fused-ring (bicyclic) bond motifs is 1. The minimum atomic E-state index is -0.0273. The summed E-state index contributed by atoms with van der Waals surface area (Å²) in [4.78, 5) is 11.8.